The Labute approximate surface area is 225 Å². The molecule has 4 rings (SSSR count). The zero-order valence-electron chi connectivity index (χ0n) is 21.5. The first-order valence-corrected chi connectivity index (χ1v) is 12.1. The fraction of sp³-hybridized carbons (Fsp3) is 0.207. The molecule has 1 unspecified atom stereocenters. The summed E-state index contributed by atoms with van der Waals surface area (Å²) in [6.07, 6.45) is 1.97. The lowest BCUT2D eigenvalue weighted by Crippen LogP contribution is -2.31. The number of carboxylic acids is 1. The molecule has 4 N–H and O–H groups in total. The number of amides is 1. The van der Waals surface area contributed by atoms with Crippen LogP contribution in [-0.4, -0.2) is 48.8 Å². The lowest BCUT2D eigenvalue weighted by atomic mass is 10.1. The Balaban J connectivity index is 1.42. The quantitative estimate of drug-likeness (QED) is 0.242. The number of anilines is 1. The van der Waals surface area contributed by atoms with E-state index in [1.54, 1.807) is 67.9 Å². The highest BCUT2D eigenvalue weighted by molar-refractivity contribution is 5.92. The molecule has 0 aliphatic heterocycles. The van der Waals surface area contributed by atoms with Gasteiger partial charge in [-0.3, -0.25) is 14.6 Å². The number of rotatable bonds is 12. The van der Waals surface area contributed by atoms with Gasteiger partial charge in [-0.15, -0.1) is 0 Å². The van der Waals surface area contributed by atoms with Gasteiger partial charge >= 0.3 is 5.97 Å². The Morgan fingerprint density at radius 1 is 0.923 bits per heavy atom. The van der Waals surface area contributed by atoms with Gasteiger partial charge in [0.15, 0.2) is 11.5 Å². The largest absolute Gasteiger partial charge is 0.497 e. The number of nitrogens with two attached hydrogens (primary N) is 1. The number of ether oxygens (including phenoxy) is 4. The molecule has 4 aromatic rings. The molecule has 1 heterocycles. The van der Waals surface area contributed by atoms with E-state index in [-0.39, 0.29) is 25.4 Å². The number of hydrogen-bond acceptors (Lipinski definition) is 8. The van der Waals surface area contributed by atoms with Crippen LogP contribution >= 0.6 is 0 Å². The molecular weight excluding hydrogens is 502 g/mol. The van der Waals surface area contributed by atoms with Crippen LogP contribution in [-0.2, 0) is 16.0 Å². The molecule has 39 heavy (non-hydrogen) atoms. The normalized spacial score (nSPS) is 11.5. The summed E-state index contributed by atoms with van der Waals surface area (Å²) in [5, 5.41) is 12.5. The topological polar surface area (TPSA) is 142 Å². The molecule has 3 aromatic carbocycles. The molecular formula is C29H29N3O7. The molecule has 10 nitrogen and oxygen atoms in total. The molecule has 0 aliphatic carbocycles. The van der Waals surface area contributed by atoms with Gasteiger partial charge in [-0.1, -0.05) is 12.1 Å². The molecule has 0 fully saturated rings. The Morgan fingerprint density at radius 2 is 1.64 bits per heavy atom. The second-order valence-electron chi connectivity index (χ2n) is 8.61. The third-order valence-corrected chi connectivity index (χ3v) is 5.88. The van der Waals surface area contributed by atoms with Crippen LogP contribution in [0.4, 0.5) is 5.69 Å². The van der Waals surface area contributed by atoms with E-state index in [1.807, 2.05) is 12.1 Å². The minimum atomic E-state index is -1.09. The summed E-state index contributed by atoms with van der Waals surface area (Å²) >= 11 is 0. The summed E-state index contributed by atoms with van der Waals surface area (Å²) in [5.41, 5.74) is 7.68. The minimum absolute atomic E-state index is 0.107. The van der Waals surface area contributed by atoms with E-state index in [9.17, 15) is 9.59 Å². The van der Waals surface area contributed by atoms with Crippen molar-refractivity contribution in [2.45, 2.75) is 18.9 Å². The van der Waals surface area contributed by atoms with Crippen LogP contribution < -0.4 is 30.0 Å². The number of carbonyl (C=O) groups is 2. The Bertz CT molecular complexity index is 1440. The van der Waals surface area contributed by atoms with E-state index < -0.39 is 12.0 Å². The Hall–Kier alpha value is -4.83. The number of benzene rings is 3. The SMILES string of the molecule is COc1ccc(NC(=O)Cc2ccc(Oc3ccnc4cc(OCCC(N)C(=O)O)c(OC)cc34)cc2)cc1. The van der Waals surface area contributed by atoms with Gasteiger partial charge in [0.05, 0.1) is 32.8 Å². The summed E-state index contributed by atoms with van der Waals surface area (Å²) in [5.74, 6) is 1.51. The number of pyridine rings is 1. The van der Waals surface area contributed by atoms with Crippen LogP contribution in [0.1, 0.15) is 12.0 Å². The van der Waals surface area contributed by atoms with Gasteiger partial charge < -0.3 is 35.1 Å². The third-order valence-electron chi connectivity index (χ3n) is 5.88. The zero-order chi connectivity index (χ0) is 27.8. The molecule has 10 heteroatoms. The van der Waals surface area contributed by atoms with Crippen LogP contribution in [0.15, 0.2) is 72.9 Å². The lowest BCUT2D eigenvalue weighted by molar-refractivity contribution is -0.138. The van der Waals surface area contributed by atoms with E-state index in [2.05, 4.69) is 10.3 Å². The average molecular weight is 532 g/mol. The summed E-state index contributed by atoms with van der Waals surface area (Å²) < 4.78 is 22.4. The van der Waals surface area contributed by atoms with Crippen molar-refractivity contribution in [3.05, 3.63) is 78.5 Å². The van der Waals surface area contributed by atoms with Crippen molar-refractivity contribution in [1.29, 1.82) is 0 Å². The van der Waals surface area contributed by atoms with Crippen molar-refractivity contribution in [1.82, 2.24) is 4.98 Å². The van der Waals surface area contributed by atoms with Crippen molar-refractivity contribution in [3.8, 4) is 28.7 Å². The predicted molar refractivity (Wildman–Crippen MR) is 146 cm³/mol. The fourth-order valence-corrected chi connectivity index (χ4v) is 3.78. The summed E-state index contributed by atoms with van der Waals surface area (Å²) in [6, 6.07) is 18.6. The molecule has 0 bridgehead atoms. The second kappa shape index (κ2) is 12.6. The molecule has 0 spiro atoms. The van der Waals surface area contributed by atoms with E-state index in [0.29, 0.717) is 39.6 Å². The zero-order valence-corrected chi connectivity index (χ0v) is 21.5. The monoisotopic (exact) mass is 531 g/mol. The summed E-state index contributed by atoms with van der Waals surface area (Å²) in [4.78, 5) is 27.8. The molecule has 1 amide bonds. The number of aliphatic carboxylic acids is 1. The van der Waals surface area contributed by atoms with E-state index in [0.717, 1.165) is 11.3 Å². The highest BCUT2D eigenvalue weighted by Gasteiger charge is 2.15. The number of nitrogens with zero attached hydrogens (tertiary/aromatic N) is 1. The van der Waals surface area contributed by atoms with Gasteiger partial charge in [0.2, 0.25) is 5.91 Å². The van der Waals surface area contributed by atoms with Crippen LogP contribution in [0, 0.1) is 0 Å². The predicted octanol–water partition coefficient (Wildman–Crippen LogP) is 4.41. The highest BCUT2D eigenvalue weighted by atomic mass is 16.5. The lowest BCUT2D eigenvalue weighted by Gasteiger charge is -2.14. The summed E-state index contributed by atoms with van der Waals surface area (Å²) in [7, 11) is 3.10. The van der Waals surface area contributed by atoms with Gasteiger partial charge in [-0.25, -0.2) is 0 Å². The maximum Gasteiger partial charge on any atom is 0.320 e. The van der Waals surface area contributed by atoms with Crippen molar-refractivity contribution >= 4 is 28.5 Å². The maximum absolute atomic E-state index is 12.4. The molecule has 202 valence electrons. The molecule has 0 aliphatic rings. The molecule has 0 saturated carbocycles. The molecule has 0 saturated heterocycles. The van der Waals surface area contributed by atoms with Gasteiger partial charge in [-0.2, -0.15) is 0 Å². The van der Waals surface area contributed by atoms with Crippen LogP contribution in [0.2, 0.25) is 0 Å². The van der Waals surface area contributed by atoms with Crippen LogP contribution in [0.25, 0.3) is 10.9 Å². The van der Waals surface area contributed by atoms with E-state index in [1.165, 1.54) is 7.11 Å². The molecule has 1 atom stereocenters. The number of aromatic nitrogens is 1. The first-order valence-electron chi connectivity index (χ1n) is 12.1. The first kappa shape index (κ1) is 27.2. The number of carbonyl (C=O) groups excluding carboxylic acids is 1. The van der Waals surface area contributed by atoms with Crippen LogP contribution in [0.3, 0.4) is 0 Å². The minimum Gasteiger partial charge on any atom is -0.497 e. The fourth-order valence-electron chi connectivity index (χ4n) is 3.78. The number of nitrogens with one attached hydrogen (secondary N) is 1. The highest BCUT2D eigenvalue weighted by Crippen LogP contribution is 2.37. The summed E-state index contributed by atoms with van der Waals surface area (Å²) in [6.45, 7) is 0.107. The third kappa shape index (κ3) is 7.14. The molecule has 1 aromatic heterocycles. The van der Waals surface area contributed by atoms with Crippen molar-refractivity contribution in [2.24, 2.45) is 5.73 Å². The van der Waals surface area contributed by atoms with E-state index in [4.69, 9.17) is 29.8 Å². The first-order chi connectivity index (χ1) is 18.9. The number of methoxy groups -OCH3 is 2. The van der Waals surface area contributed by atoms with Crippen LogP contribution in [0.5, 0.6) is 28.7 Å². The van der Waals surface area contributed by atoms with Crippen molar-refractivity contribution in [2.75, 3.05) is 26.1 Å². The van der Waals surface area contributed by atoms with E-state index >= 15 is 0 Å². The standard InChI is InChI=1S/C29H29N3O7/c1-36-20-9-5-19(6-10-20)32-28(33)15-18-3-7-21(8-4-18)39-25-11-13-31-24-17-27(26(37-2)16-22(24)25)38-14-12-23(30)29(34)35/h3-11,13,16-17,23H,12,14-15,30H2,1-2H3,(H,32,33)(H,34,35). The van der Waals surface area contributed by atoms with Crippen molar-refractivity contribution in [3.63, 3.8) is 0 Å². The maximum atomic E-state index is 12.4. The average Bonchev–Trinajstić information content (AvgIpc) is 2.94. The Morgan fingerprint density at radius 3 is 2.31 bits per heavy atom. The number of fused-ring (bicyclic) bond motifs is 1. The second-order valence-corrected chi connectivity index (χ2v) is 8.61. The smallest absolute Gasteiger partial charge is 0.320 e. The van der Waals surface area contributed by atoms with Gasteiger partial charge in [0.25, 0.3) is 0 Å². The van der Waals surface area contributed by atoms with Crippen molar-refractivity contribution < 1.29 is 33.6 Å². The van der Waals surface area contributed by atoms with Gasteiger partial charge in [0, 0.05) is 29.8 Å². The molecule has 0 radical (unpaired) electrons. The number of carboxylic acid groups (broad SMARTS) is 1. The Kier molecular flexibility index (Phi) is 8.80. The van der Waals surface area contributed by atoms with Gasteiger partial charge in [0.1, 0.15) is 23.3 Å². The van der Waals surface area contributed by atoms with Gasteiger partial charge in [-0.05, 0) is 54.1 Å². The number of hydrogen-bond donors (Lipinski definition) is 3.